The second kappa shape index (κ2) is 4.61. The van der Waals surface area contributed by atoms with Gasteiger partial charge in [-0.2, -0.15) is 0 Å². The summed E-state index contributed by atoms with van der Waals surface area (Å²) < 4.78 is 1.72. The Labute approximate surface area is 99.6 Å². The fourth-order valence-corrected chi connectivity index (χ4v) is 2.26. The average Bonchev–Trinajstić information content (AvgIpc) is 2.74. The van der Waals surface area contributed by atoms with Gasteiger partial charge in [0.15, 0.2) is 0 Å². The normalized spacial score (nSPS) is 20.3. The van der Waals surface area contributed by atoms with Gasteiger partial charge in [-0.3, -0.25) is 4.79 Å². The molecule has 1 aliphatic rings. The van der Waals surface area contributed by atoms with E-state index >= 15 is 0 Å². The first-order valence-corrected chi connectivity index (χ1v) is 5.76. The molecule has 5 heteroatoms. The molecule has 0 aromatic carbocycles. The molecule has 1 saturated heterocycles. The van der Waals surface area contributed by atoms with E-state index < -0.39 is 12.0 Å². The lowest BCUT2D eigenvalue weighted by molar-refractivity contribution is -0.143. The van der Waals surface area contributed by atoms with Crippen molar-refractivity contribution in [2.45, 2.75) is 25.3 Å². The summed E-state index contributed by atoms with van der Waals surface area (Å²) >= 11 is 0. The van der Waals surface area contributed by atoms with Gasteiger partial charge < -0.3 is 14.6 Å². The summed E-state index contributed by atoms with van der Waals surface area (Å²) in [7, 11) is 1.78. The van der Waals surface area contributed by atoms with Gasteiger partial charge in [0.2, 0.25) is 0 Å². The van der Waals surface area contributed by atoms with E-state index in [2.05, 4.69) is 0 Å². The number of amides is 1. The van der Waals surface area contributed by atoms with Crippen LogP contribution in [0.2, 0.25) is 0 Å². The largest absolute Gasteiger partial charge is 0.480 e. The molecule has 1 fully saturated rings. The number of nitrogens with zero attached hydrogens (tertiary/aromatic N) is 2. The Morgan fingerprint density at radius 2 is 2.18 bits per heavy atom. The summed E-state index contributed by atoms with van der Waals surface area (Å²) in [6.45, 7) is 0.529. The molecular formula is C12H16N2O3. The van der Waals surface area contributed by atoms with Crippen molar-refractivity contribution >= 4 is 11.9 Å². The van der Waals surface area contributed by atoms with Crippen LogP contribution in [0.25, 0.3) is 0 Å². The van der Waals surface area contributed by atoms with Crippen LogP contribution in [0.1, 0.15) is 29.8 Å². The van der Waals surface area contributed by atoms with Crippen molar-refractivity contribution in [3.63, 3.8) is 0 Å². The van der Waals surface area contributed by atoms with Crippen LogP contribution in [0.5, 0.6) is 0 Å². The van der Waals surface area contributed by atoms with Crippen LogP contribution < -0.4 is 0 Å². The lowest BCUT2D eigenvalue weighted by Crippen LogP contribution is -2.48. The molecule has 0 aliphatic carbocycles. The molecule has 0 bridgehead atoms. The van der Waals surface area contributed by atoms with Gasteiger partial charge >= 0.3 is 5.97 Å². The molecule has 5 nitrogen and oxygen atoms in total. The van der Waals surface area contributed by atoms with Gasteiger partial charge in [-0.05, 0) is 31.4 Å². The topological polar surface area (TPSA) is 62.5 Å². The third-order valence-corrected chi connectivity index (χ3v) is 3.21. The van der Waals surface area contributed by atoms with Crippen LogP contribution in [0.15, 0.2) is 18.3 Å². The highest BCUT2D eigenvalue weighted by molar-refractivity contribution is 5.95. The number of hydrogen-bond donors (Lipinski definition) is 1. The van der Waals surface area contributed by atoms with E-state index in [1.165, 1.54) is 4.90 Å². The molecule has 0 saturated carbocycles. The number of rotatable bonds is 2. The highest BCUT2D eigenvalue weighted by Crippen LogP contribution is 2.19. The van der Waals surface area contributed by atoms with Crippen LogP contribution in [-0.2, 0) is 11.8 Å². The summed E-state index contributed by atoms with van der Waals surface area (Å²) in [5.41, 5.74) is 0.540. The Morgan fingerprint density at radius 1 is 1.41 bits per heavy atom. The van der Waals surface area contributed by atoms with E-state index in [4.69, 9.17) is 5.11 Å². The fourth-order valence-electron chi connectivity index (χ4n) is 2.26. The molecule has 1 atom stereocenters. The number of aliphatic carboxylic acids is 1. The highest BCUT2D eigenvalue weighted by atomic mass is 16.4. The van der Waals surface area contributed by atoms with Gasteiger partial charge in [0.25, 0.3) is 5.91 Å². The van der Waals surface area contributed by atoms with E-state index in [1.807, 2.05) is 0 Å². The quantitative estimate of drug-likeness (QED) is 0.836. The third-order valence-electron chi connectivity index (χ3n) is 3.21. The van der Waals surface area contributed by atoms with E-state index in [9.17, 15) is 9.59 Å². The Bertz CT molecular complexity index is 439. The molecule has 1 aliphatic heterocycles. The first kappa shape index (κ1) is 11.7. The Balaban J connectivity index is 2.23. The molecule has 17 heavy (non-hydrogen) atoms. The second-order valence-electron chi connectivity index (χ2n) is 4.35. The SMILES string of the molecule is Cn1cccc1C(=O)N1CCCC[C@@H]1C(=O)O. The first-order valence-electron chi connectivity index (χ1n) is 5.76. The van der Waals surface area contributed by atoms with Gasteiger partial charge in [-0.25, -0.2) is 4.79 Å². The molecule has 1 aromatic heterocycles. The summed E-state index contributed by atoms with van der Waals surface area (Å²) in [5, 5.41) is 9.12. The zero-order chi connectivity index (χ0) is 12.4. The first-order chi connectivity index (χ1) is 8.11. The number of carboxylic acid groups (broad SMARTS) is 1. The maximum absolute atomic E-state index is 12.2. The van der Waals surface area contributed by atoms with Crippen molar-refractivity contribution in [1.29, 1.82) is 0 Å². The van der Waals surface area contributed by atoms with Crippen molar-refractivity contribution < 1.29 is 14.7 Å². The Morgan fingerprint density at radius 3 is 2.76 bits per heavy atom. The minimum absolute atomic E-state index is 0.190. The van der Waals surface area contributed by atoms with Crippen LogP contribution >= 0.6 is 0 Å². The number of carbonyl (C=O) groups is 2. The summed E-state index contributed by atoms with van der Waals surface area (Å²) in [6, 6.07) is 2.83. The van der Waals surface area contributed by atoms with E-state index in [0.29, 0.717) is 18.7 Å². The predicted octanol–water partition coefficient (Wildman–Crippen LogP) is 1.10. The minimum Gasteiger partial charge on any atom is -0.480 e. The molecule has 0 unspecified atom stereocenters. The number of carboxylic acids is 1. The number of likely N-dealkylation sites (tertiary alicyclic amines) is 1. The molecule has 2 rings (SSSR count). The predicted molar refractivity (Wildman–Crippen MR) is 61.7 cm³/mol. The van der Waals surface area contributed by atoms with E-state index in [-0.39, 0.29) is 5.91 Å². The summed E-state index contributed by atoms with van der Waals surface area (Å²) in [4.78, 5) is 24.8. The molecule has 1 N–H and O–H groups in total. The number of piperidine rings is 1. The monoisotopic (exact) mass is 236 g/mol. The smallest absolute Gasteiger partial charge is 0.326 e. The molecular weight excluding hydrogens is 220 g/mol. The maximum Gasteiger partial charge on any atom is 0.326 e. The van der Waals surface area contributed by atoms with E-state index in [0.717, 1.165) is 12.8 Å². The Kier molecular flexibility index (Phi) is 3.17. The van der Waals surface area contributed by atoms with Gasteiger partial charge in [0.05, 0.1) is 0 Å². The van der Waals surface area contributed by atoms with Crippen molar-refractivity contribution in [2.24, 2.45) is 7.05 Å². The van der Waals surface area contributed by atoms with Gasteiger partial charge in [0.1, 0.15) is 11.7 Å². The molecule has 0 radical (unpaired) electrons. The maximum atomic E-state index is 12.2. The van der Waals surface area contributed by atoms with Crippen molar-refractivity contribution in [3.8, 4) is 0 Å². The standard InChI is InChI=1S/C12H16N2O3/c1-13-7-4-6-9(13)11(15)14-8-3-2-5-10(14)12(16)17/h4,6-7,10H,2-3,5,8H2,1H3,(H,16,17)/t10-/m1/s1. The van der Waals surface area contributed by atoms with Crippen LogP contribution in [0.4, 0.5) is 0 Å². The average molecular weight is 236 g/mol. The minimum atomic E-state index is -0.910. The van der Waals surface area contributed by atoms with Crippen molar-refractivity contribution in [3.05, 3.63) is 24.0 Å². The highest BCUT2D eigenvalue weighted by Gasteiger charge is 2.33. The lowest BCUT2D eigenvalue weighted by Gasteiger charge is -2.32. The summed E-state index contributed by atoms with van der Waals surface area (Å²) in [5.74, 6) is -1.10. The Hall–Kier alpha value is -1.78. The molecule has 92 valence electrons. The number of aryl methyl sites for hydroxylation is 1. The van der Waals surface area contributed by atoms with Gasteiger partial charge in [0, 0.05) is 19.8 Å². The molecule has 1 amide bonds. The number of carbonyl (C=O) groups excluding carboxylic acids is 1. The third kappa shape index (κ3) is 2.18. The zero-order valence-electron chi connectivity index (χ0n) is 9.80. The van der Waals surface area contributed by atoms with Crippen molar-refractivity contribution in [2.75, 3.05) is 6.54 Å². The second-order valence-corrected chi connectivity index (χ2v) is 4.35. The molecule has 1 aromatic rings. The van der Waals surface area contributed by atoms with E-state index in [1.54, 1.807) is 29.9 Å². The number of hydrogen-bond acceptors (Lipinski definition) is 2. The van der Waals surface area contributed by atoms with Crippen LogP contribution in [-0.4, -0.2) is 39.0 Å². The molecule has 0 spiro atoms. The lowest BCUT2D eigenvalue weighted by atomic mass is 10.0. The van der Waals surface area contributed by atoms with Gasteiger partial charge in [-0.15, -0.1) is 0 Å². The van der Waals surface area contributed by atoms with Crippen LogP contribution in [0.3, 0.4) is 0 Å². The van der Waals surface area contributed by atoms with Crippen LogP contribution in [0, 0.1) is 0 Å². The van der Waals surface area contributed by atoms with Gasteiger partial charge in [-0.1, -0.05) is 0 Å². The zero-order valence-corrected chi connectivity index (χ0v) is 9.80. The fraction of sp³-hybridized carbons (Fsp3) is 0.500. The molecule has 2 heterocycles. The summed E-state index contributed by atoms with van der Waals surface area (Å²) in [6.07, 6.45) is 4.08. The number of aromatic nitrogens is 1. The van der Waals surface area contributed by atoms with Crippen molar-refractivity contribution in [1.82, 2.24) is 9.47 Å².